The first kappa shape index (κ1) is 17.3. The summed E-state index contributed by atoms with van der Waals surface area (Å²) in [6, 6.07) is 17.8. The van der Waals surface area contributed by atoms with Gasteiger partial charge in [-0.05, 0) is 16.7 Å². The van der Waals surface area contributed by atoms with Crippen LogP contribution in [0.5, 0.6) is 0 Å². The third kappa shape index (κ3) is 4.30. The number of nitrogens with two attached hydrogens (primary N) is 1. The van der Waals surface area contributed by atoms with Gasteiger partial charge in [-0.3, -0.25) is 14.6 Å². The van der Waals surface area contributed by atoms with Crippen molar-refractivity contribution in [3.8, 4) is 11.1 Å². The molecular weight excluding hydrogens is 328 g/mol. The van der Waals surface area contributed by atoms with Gasteiger partial charge in [0.2, 0.25) is 5.91 Å². The maximum Gasteiger partial charge on any atom is 0.274 e. The van der Waals surface area contributed by atoms with E-state index in [-0.39, 0.29) is 24.7 Å². The first-order valence-electron chi connectivity index (χ1n) is 8.11. The summed E-state index contributed by atoms with van der Waals surface area (Å²) in [4.78, 5) is 33.2. The Hall–Kier alpha value is -3.54. The highest BCUT2D eigenvalue weighted by Crippen LogP contribution is 2.20. The minimum Gasteiger partial charge on any atom is -0.368 e. The van der Waals surface area contributed by atoms with Gasteiger partial charge in [0.1, 0.15) is 12.2 Å². The number of carbonyl (C=O) groups is 2. The predicted molar refractivity (Wildman–Crippen MR) is 97.8 cm³/mol. The zero-order valence-corrected chi connectivity index (χ0v) is 14.1. The Morgan fingerprint density at radius 2 is 1.62 bits per heavy atom. The Balaban J connectivity index is 1.78. The van der Waals surface area contributed by atoms with Crippen molar-refractivity contribution in [3.05, 3.63) is 84.4 Å². The SMILES string of the molecule is NC(=O)CN(Cc1ccc(-c2ccccc2)cc1)C(=O)c1cnccn1. The molecular formula is C20H18N4O2. The Morgan fingerprint density at radius 1 is 0.923 bits per heavy atom. The van der Waals surface area contributed by atoms with Gasteiger partial charge in [-0.15, -0.1) is 0 Å². The van der Waals surface area contributed by atoms with E-state index in [2.05, 4.69) is 9.97 Å². The molecule has 2 N–H and O–H groups in total. The summed E-state index contributed by atoms with van der Waals surface area (Å²) in [6.07, 6.45) is 4.29. The highest BCUT2D eigenvalue weighted by molar-refractivity contribution is 5.94. The van der Waals surface area contributed by atoms with Crippen LogP contribution in [0, 0.1) is 0 Å². The van der Waals surface area contributed by atoms with E-state index in [1.54, 1.807) is 0 Å². The number of hydrogen-bond donors (Lipinski definition) is 1. The van der Waals surface area contributed by atoms with Crippen LogP contribution < -0.4 is 5.73 Å². The second-order valence-corrected chi connectivity index (χ2v) is 5.78. The normalized spacial score (nSPS) is 10.3. The molecule has 6 heteroatoms. The van der Waals surface area contributed by atoms with Gasteiger partial charge in [0, 0.05) is 18.9 Å². The Morgan fingerprint density at radius 3 is 2.23 bits per heavy atom. The van der Waals surface area contributed by atoms with Gasteiger partial charge in [-0.2, -0.15) is 0 Å². The first-order chi connectivity index (χ1) is 12.6. The Kier molecular flexibility index (Phi) is 5.34. The summed E-state index contributed by atoms with van der Waals surface area (Å²) >= 11 is 0. The number of benzene rings is 2. The van der Waals surface area contributed by atoms with E-state index in [1.807, 2.05) is 54.6 Å². The van der Waals surface area contributed by atoms with E-state index in [0.717, 1.165) is 16.7 Å². The van der Waals surface area contributed by atoms with Crippen molar-refractivity contribution in [2.75, 3.05) is 6.54 Å². The minimum absolute atomic E-state index is 0.176. The van der Waals surface area contributed by atoms with Crippen molar-refractivity contribution >= 4 is 11.8 Å². The number of primary amides is 1. The van der Waals surface area contributed by atoms with Gasteiger partial charge in [0.15, 0.2) is 0 Å². The van der Waals surface area contributed by atoms with Crippen molar-refractivity contribution < 1.29 is 9.59 Å². The molecule has 0 spiro atoms. The van der Waals surface area contributed by atoms with Gasteiger partial charge in [-0.25, -0.2) is 4.98 Å². The molecule has 0 saturated carbocycles. The fourth-order valence-corrected chi connectivity index (χ4v) is 2.61. The Bertz CT molecular complexity index is 881. The molecule has 0 bridgehead atoms. The highest BCUT2D eigenvalue weighted by Gasteiger charge is 2.19. The molecule has 2 amide bonds. The van der Waals surface area contributed by atoms with Crippen LogP contribution in [-0.4, -0.2) is 33.2 Å². The molecule has 3 rings (SSSR count). The fraction of sp³-hybridized carbons (Fsp3) is 0.100. The summed E-state index contributed by atoms with van der Waals surface area (Å²) in [6.45, 7) is 0.0727. The van der Waals surface area contributed by atoms with Crippen molar-refractivity contribution in [1.82, 2.24) is 14.9 Å². The lowest BCUT2D eigenvalue weighted by Crippen LogP contribution is -2.38. The molecule has 0 aliphatic carbocycles. The standard InChI is InChI=1S/C20H18N4O2/c21-19(25)14-24(20(26)18-12-22-10-11-23-18)13-15-6-8-17(9-7-15)16-4-2-1-3-5-16/h1-12H,13-14H2,(H2,21,25). The van der Waals surface area contributed by atoms with Crippen molar-refractivity contribution in [3.63, 3.8) is 0 Å². The molecule has 0 atom stereocenters. The smallest absolute Gasteiger partial charge is 0.274 e. The molecule has 0 fully saturated rings. The number of rotatable bonds is 6. The van der Waals surface area contributed by atoms with E-state index >= 15 is 0 Å². The largest absolute Gasteiger partial charge is 0.368 e. The molecule has 6 nitrogen and oxygen atoms in total. The molecule has 0 saturated heterocycles. The van der Waals surface area contributed by atoms with Crippen LogP contribution in [0.15, 0.2) is 73.2 Å². The number of amides is 2. The van der Waals surface area contributed by atoms with E-state index in [0.29, 0.717) is 0 Å². The number of nitrogens with zero attached hydrogens (tertiary/aromatic N) is 3. The maximum atomic E-state index is 12.6. The van der Waals surface area contributed by atoms with Crippen LogP contribution in [0.1, 0.15) is 16.1 Å². The summed E-state index contributed by atoms with van der Waals surface area (Å²) < 4.78 is 0. The topological polar surface area (TPSA) is 89.2 Å². The number of carbonyl (C=O) groups excluding carboxylic acids is 2. The maximum absolute atomic E-state index is 12.6. The molecule has 0 aliphatic rings. The Labute approximate surface area is 151 Å². The van der Waals surface area contributed by atoms with Gasteiger partial charge in [0.25, 0.3) is 5.91 Å². The second kappa shape index (κ2) is 8.02. The number of aromatic nitrogens is 2. The first-order valence-corrected chi connectivity index (χ1v) is 8.11. The molecule has 26 heavy (non-hydrogen) atoms. The van der Waals surface area contributed by atoms with Crippen molar-refractivity contribution in [1.29, 1.82) is 0 Å². The molecule has 130 valence electrons. The molecule has 1 heterocycles. The summed E-state index contributed by atoms with van der Waals surface area (Å²) in [7, 11) is 0. The van der Waals surface area contributed by atoms with Crippen LogP contribution >= 0.6 is 0 Å². The zero-order chi connectivity index (χ0) is 18.4. The molecule has 0 unspecified atom stereocenters. The number of hydrogen-bond acceptors (Lipinski definition) is 4. The average molecular weight is 346 g/mol. The lowest BCUT2D eigenvalue weighted by Gasteiger charge is -2.21. The van der Waals surface area contributed by atoms with Crippen LogP contribution in [0.25, 0.3) is 11.1 Å². The van der Waals surface area contributed by atoms with Crippen LogP contribution in [-0.2, 0) is 11.3 Å². The van der Waals surface area contributed by atoms with Crippen LogP contribution in [0.2, 0.25) is 0 Å². The van der Waals surface area contributed by atoms with Crippen LogP contribution in [0.4, 0.5) is 0 Å². The quantitative estimate of drug-likeness (QED) is 0.741. The molecule has 3 aromatic rings. The second-order valence-electron chi connectivity index (χ2n) is 5.78. The summed E-state index contributed by atoms with van der Waals surface area (Å²) in [5, 5.41) is 0. The zero-order valence-electron chi connectivity index (χ0n) is 14.1. The fourth-order valence-electron chi connectivity index (χ4n) is 2.61. The monoisotopic (exact) mass is 346 g/mol. The molecule has 0 radical (unpaired) electrons. The van der Waals surface area contributed by atoms with Gasteiger partial charge in [0.05, 0.1) is 6.20 Å². The summed E-state index contributed by atoms with van der Waals surface area (Å²) in [5.41, 5.74) is 8.56. The summed E-state index contributed by atoms with van der Waals surface area (Å²) in [5.74, 6) is -0.966. The van der Waals surface area contributed by atoms with E-state index in [1.165, 1.54) is 23.5 Å². The average Bonchev–Trinajstić information content (AvgIpc) is 2.68. The van der Waals surface area contributed by atoms with Crippen molar-refractivity contribution in [2.45, 2.75) is 6.54 Å². The van der Waals surface area contributed by atoms with Gasteiger partial charge < -0.3 is 10.6 Å². The van der Waals surface area contributed by atoms with E-state index in [9.17, 15) is 9.59 Å². The predicted octanol–water partition coefficient (Wildman–Crippen LogP) is 2.27. The lowest BCUT2D eigenvalue weighted by atomic mass is 10.0. The van der Waals surface area contributed by atoms with Crippen LogP contribution in [0.3, 0.4) is 0 Å². The van der Waals surface area contributed by atoms with Crippen molar-refractivity contribution in [2.24, 2.45) is 5.73 Å². The minimum atomic E-state index is -0.580. The molecule has 2 aromatic carbocycles. The third-order valence-corrected chi connectivity index (χ3v) is 3.85. The van der Waals surface area contributed by atoms with Gasteiger partial charge >= 0.3 is 0 Å². The van der Waals surface area contributed by atoms with E-state index in [4.69, 9.17) is 5.73 Å². The van der Waals surface area contributed by atoms with E-state index < -0.39 is 5.91 Å². The molecule has 0 aliphatic heterocycles. The third-order valence-electron chi connectivity index (χ3n) is 3.85. The lowest BCUT2D eigenvalue weighted by molar-refractivity contribution is -0.118. The molecule has 1 aromatic heterocycles. The van der Waals surface area contributed by atoms with Gasteiger partial charge in [-0.1, -0.05) is 54.6 Å². The highest BCUT2D eigenvalue weighted by atomic mass is 16.2.